The number of para-hydroxylation sites is 2. The molecule has 2 heterocycles. The average molecular weight is 320 g/mol. The molecule has 1 aromatic carbocycles. The molecule has 1 N–H and O–H groups in total. The molecular weight excluding hydrogens is 308 g/mol. The van der Waals surface area contributed by atoms with E-state index in [1.807, 2.05) is 6.07 Å². The van der Waals surface area contributed by atoms with Crippen molar-refractivity contribution in [2.75, 3.05) is 0 Å². The number of nitrogens with one attached hydrogen (secondary N) is 1. The average Bonchev–Trinajstić information content (AvgIpc) is 2.96. The first-order chi connectivity index (χ1) is 8.75. The third-order valence-electron chi connectivity index (χ3n) is 2.80. The van der Waals surface area contributed by atoms with Gasteiger partial charge in [-0.25, -0.2) is 9.55 Å². The Morgan fingerprint density at radius 3 is 2.83 bits per heavy atom. The fraction of sp³-hybridized carbons (Fsp3) is 0.0714. The van der Waals surface area contributed by atoms with Gasteiger partial charge in [-0.1, -0.05) is 40.7 Å². The molecule has 0 aliphatic rings. The largest absolute Gasteiger partial charge is 0.298 e. The number of aromatic amines is 1. The predicted molar refractivity (Wildman–Crippen MR) is 79.9 cm³/mol. The molecule has 0 bridgehead atoms. The Labute approximate surface area is 118 Å². The molecule has 90 valence electrons. The Morgan fingerprint density at radius 2 is 2.11 bits per heavy atom. The van der Waals surface area contributed by atoms with Gasteiger partial charge in [-0.2, -0.15) is 0 Å². The topological polar surface area (TPSA) is 19.7 Å². The van der Waals surface area contributed by atoms with Gasteiger partial charge in [0.2, 0.25) is 0 Å². The minimum absolute atomic E-state index is 0.761. The lowest BCUT2D eigenvalue weighted by molar-refractivity contribution is -0.650. The summed E-state index contributed by atoms with van der Waals surface area (Å²) in [6.07, 6.45) is 0. The summed E-state index contributed by atoms with van der Waals surface area (Å²) in [5.74, 6) is 1.13. The van der Waals surface area contributed by atoms with Crippen molar-refractivity contribution in [2.24, 2.45) is 0 Å². The first-order valence-electron chi connectivity index (χ1n) is 5.63. The number of rotatable bonds is 3. The number of thiophene rings is 1. The van der Waals surface area contributed by atoms with E-state index in [9.17, 15) is 0 Å². The highest BCUT2D eigenvalue weighted by Gasteiger charge is 2.20. The van der Waals surface area contributed by atoms with Crippen molar-refractivity contribution in [1.29, 1.82) is 0 Å². The molecular formula is C14H12BrN2S+. The summed E-state index contributed by atoms with van der Waals surface area (Å²) in [4.78, 5) is 4.72. The molecule has 2 aromatic heterocycles. The van der Waals surface area contributed by atoms with E-state index >= 15 is 0 Å². The molecule has 0 aliphatic carbocycles. The molecule has 0 saturated heterocycles. The Balaban J connectivity index is 2.26. The Hall–Kier alpha value is -1.39. The Kier molecular flexibility index (Phi) is 3.06. The van der Waals surface area contributed by atoms with Crippen LogP contribution in [0.3, 0.4) is 0 Å². The van der Waals surface area contributed by atoms with Gasteiger partial charge in [-0.3, -0.25) is 0 Å². The summed E-state index contributed by atoms with van der Waals surface area (Å²) in [5.41, 5.74) is 2.34. The van der Waals surface area contributed by atoms with Crippen molar-refractivity contribution in [3.8, 4) is 10.7 Å². The normalized spacial score (nSPS) is 10.9. The van der Waals surface area contributed by atoms with Crippen LogP contribution in [0.25, 0.3) is 21.7 Å². The van der Waals surface area contributed by atoms with Crippen LogP contribution < -0.4 is 4.57 Å². The lowest BCUT2D eigenvalue weighted by atomic mass is 10.3. The van der Waals surface area contributed by atoms with Crippen LogP contribution in [0.2, 0.25) is 0 Å². The van der Waals surface area contributed by atoms with E-state index in [1.165, 1.54) is 10.4 Å². The summed E-state index contributed by atoms with van der Waals surface area (Å²) >= 11 is 5.19. The lowest BCUT2D eigenvalue weighted by Crippen LogP contribution is -2.34. The maximum absolute atomic E-state index is 3.94. The van der Waals surface area contributed by atoms with Crippen molar-refractivity contribution in [1.82, 2.24) is 4.98 Å². The third kappa shape index (κ3) is 2.02. The second-order valence-corrected chi connectivity index (χ2v) is 6.14. The first-order valence-corrected chi connectivity index (χ1v) is 7.30. The molecule has 0 amide bonds. The molecule has 3 aromatic rings. The molecule has 0 fully saturated rings. The highest BCUT2D eigenvalue weighted by atomic mass is 79.9. The Bertz CT molecular complexity index is 698. The van der Waals surface area contributed by atoms with Gasteiger partial charge in [-0.15, -0.1) is 11.3 Å². The van der Waals surface area contributed by atoms with Crippen molar-refractivity contribution in [3.63, 3.8) is 0 Å². The number of fused-ring (bicyclic) bond motifs is 1. The summed E-state index contributed by atoms with van der Waals surface area (Å²) in [6.45, 7) is 4.71. The zero-order valence-electron chi connectivity index (χ0n) is 9.69. The van der Waals surface area contributed by atoms with Crippen LogP contribution in [-0.2, 0) is 6.54 Å². The van der Waals surface area contributed by atoms with Gasteiger partial charge in [0, 0.05) is 4.48 Å². The van der Waals surface area contributed by atoms with Crippen molar-refractivity contribution in [3.05, 3.63) is 52.8 Å². The zero-order chi connectivity index (χ0) is 12.5. The number of nitrogens with zero attached hydrogens (tertiary/aromatic N) is 1. The number of hydrogen-bond donors (Lipinski definition) is 1. The van der Waals surface area contributed by atoms with Crippen LogP contribution >= 0.6 is 27.3 Å². The van der Waals surface area contributed by atoms with Crippen LogP contribution in [-0.4, -0.2) is 4.98 Å². The maximum Gasteiger partial charge on any atom is 0.298 e. The standard InChI is InChI=1S/C14H11BrN2S/c1-10(15)9-17-12-6-3-2-5-11(12)16-14(17)13-7-4-8-18-13/h2-8H,1,9H2/p+1. The fourth-order valence-electron chi connectivity index (χ4n) is 2.07. The van der Waals surface area contributed by atoms with Gasteiger partial charge < -0.3 is 0 Å². The van der Waals surface area contributed by atoms with Crippen LogP contribution in [0.1, 0.15) is 0 Å². The van der Waals surface area contributed by atoms with Gasteiger partial charge >= 0.3 is 0 Å². The van der Waals surface area contributed by atoms with Gasteiger partial charge in [0.05, 0.1) is 0 Å². The minimum atomic E-state index is 0.761. The Morgan fingerprint density at radius 1 is 1.28 bits per heavy atom. The molecule has 0 aliphatic heterocycles. The zero-order valence-corrected chi connectivity index (χ0v) is 12.1. The van der Waals surface area contributed by atoms with Crippen LogP contribution in [0.5, 0.6) is 0 Å². The van der Waals surface area contributed by atoms with Gasteiger partial charge in [0.1, 0.15) is 11.4 Å². The van der Waals surface area contributed by atoms with Gasteiger partial charge in [0.25, 0.3) is 5.82 Å². The number of hydrogen-bond acceptors (Lipinski definition) is 1. The summed E-state index contributed by atoms with van der Waals surface area (Å²) < 4.78 is 3.22. The number of halogens is 1. The monoisotopic (exact) mass is 319 g/mol. The number of allylic oxidation sites excluding steroid dienone is 1. The van der Waals surface area contributed by atoms with Crippen LogP contribution in [0, 0.1) is 0 Å². The van der Waals surface area contributed by atoms with Crippen molar-refractivity contribution in [2.45, 2.75) is 6.54 Å². The molecule has 0 radical (unpaired) electrons. The minimum Gasteiger partial charge on any atom is -0.236 e. The summed E-state index contributed by atoms with van der Waals surface area (Å²) in [6, 6.07) is 12.5. The summed E-state index contributed by atoms with van der Waals surface area (Å²) in [5, 5.41) is 2.09. The maximum atomic E-state index is 3.94. The molecule has 4 heteroatoms. The predicted octanol–water partition coefficient (Wildman–Crippen LogP) is 4.09. The molecule has 3 rings (SSSR count). The van der Waals surface area contributed by atoms with Crippen molar-refractivity contribution < 1.29 is 4.57 Å². The molecule has 0 spiro atoms. The van der Waals surface area contributed by atoms with Crippen molar-refractivity contribution >= 4 is 38.3 Å². The van der Waals surface area contributed by atoms with Gasteiger partial charge in [-0.05, 0) is 23.6 Å². The molecule has 0 atom stereocenters. The highest BCUT2D eigenvalue weighted by Crippen LogP contribution is 2.23. The first kappa shape index (κ1) is 11.7. The van der Waals surface area contributed by atoms with E-state index in [2.05, 4.69) is 67.8 Å². The van der Waals surface area contributed by atoms with E-state index in [1.54, 1.807) is 11.3 Å². The second-order valence-electron chi connectivity index (χ2n) is 4.07. The van der Waals surface area contributed by atoms with E-state index in [0.717, 1.165) is 22.4 Å². The van der Waals surface area contributed by atoms with E-state index < -0.39 is 0 Å². The number of H-pyrrole nitrogens is 1. The molecule has 0 saturated carbocycles. The molecule has 0 unspecified atom stereocenters. The number of imidazole rings is 1. The smallest absolute Gasteiger partial charge is 0.236 e. The lowest BCUT2D eigenvalue weighted by Gasteiger charge is -1.98. The fourth-order valence-corrected chi connectivity index (χ4v) is 3.06. The van der Waals surface area contributed by atoms with E-state index in [4.69, 9.17) is 0 Å². The second kappa shape index (κ2) is 4.71. The number of benzene rings is 1. The van der Waals surface area contributed by atoms with E-state index in [0.29, 0.717) is 0 Å². The van der Waals surface area contributed by atoms with Gasteiger partial charge in [0.15, 0.2) is 11.0 Å². The third-order valence-corrected chi connectivity index (χ3v) is 3.93. The molecule has 18 heavy (non-hydrogen) atoms. The van der Waals surface area contributed by atoms with E-state index in [-0.39, 0.29) is 0 Å². The molecule has 2 nitrogen and oxygen atoms in total. The van der Waals surface area contributed by atoms with Crippen LogP contribution in [0.4, 0.5) is 0 Å². The van der Waals surface area contributed by atoms with Crippen LogP contribution in [0.15, 0.2) is 52.8 Å². The summed E-state index contributed by atoms with van der Waals surface area (Å²) in [7, 11) is 0. The SMILES string of the molecule is C=C(Br)C[n+]1c(-c2cccs2)[nH]c2ccccc21. The number of aromatic nitrogens is 2. The quantitative estimate of drug-likeness (QED) is 0.701. The highest BCUT2D eigenvalue weighted by molar-refractivity contribution is 9.11.